The maximum absolute atomic E-state index is 14.0. The second kappa shape index (κ2) is 4.66. The Kier molecular flexibility index (Phi) is 3.36. The number of rotatable bonds is 3. The maximum Gasteiger partial charge on any atom is 0.235 e. The molecule has 1 aromatic carbocycles. The van der Waals surface area contributed by atoms with Gasteiger partial charge in [-0.1, -0.05) is 37.1 Å². The van der Waals surface area contributed by atoms with Gasteiger partial charge in [0.25, 0.3) is 0 Å². The van der Waals surface area contributed by atoms with E-state index >= 15 is 0 Å². The van der Waals surface area contributed by atoms with Crippen LogP contribution >= 0.6 is 0 Å². The Morgan fingerprint density at radius 2 is 2.00 bits per heavy atom. The van der Waals surface area contributed by atoms with E-state index in [4.69, 9.17) is 0 Å². The lowest BCUT2D eigenvalue weighted by atomic mass is 9.86. The average Bonchev–Trinajstić information content (AvgIpc) is 2.79. The molecule has 0 spiro atoms. The first kappa shape index (κ1) is 13.0. The molecule has 1 fully saturated rings. The van der Waals surface area contributed by atoms with Crippen LogP contribution in [0.15, 0.2) is 29.3 Å². The number of isocyanates is 1. The largest absolute Gasteiger partial charge is 0.239 e. The van der Waals surface area contributed by atoms with E-state index in [0.29, 0.717) is 5.56 Å². The molecule has 1 aliphatic rings. The van der Waals surface area contributed by atoms with Crippen molar-refractivity contribution in [2.45, 2.75) is 50.7 Å². The number of nitrogens with zero attached hydrogens (tertiary/aromatic N) is 1. The van der Waals surface area contributed by atoms with Gasteiger partial charge in [-0.25, -0.2) is 9.18 Å². The molecule has 0 N–H and O–H groups in total. The predicted molar refractivity (Wildman–Crippen MR) is 68.8 cm³/mol. The van der Waals surface area contributed by atoms with E-state index in [0.717, 1.165) is 31.2 Å². The quantitative estimate of drug-likeness (QED) is 0.586. The van der Waals surface area contributed by atoms with Crippen LogP contribution in [-0.2, 0) is 16.0 Å². The van der Waals surface area contributed by atoms with Crippen LogP contribution in [0.3, 0.4) is 0 Å². The van der Waals surface area contributed by atoms with Crippen LogP contribution in [0.4, 0.5) is 4.39 Å². The fourth-order valence-corrected chi connectivity index (χ4v) is 2.69. The first-order chi connectivity index (χ1) is 8.48. The van der Waals surface area contributed by atoms with Crippen molar-refractivity contribution < 1.29 is 9.18 Å². The van der Waals surface area contributed by atoms with E-state index in [1.807, 2.05) is 18.2 Å². The van der Waals surface area contributed by atoms with Crippen molar-refractivity contribution in [3.63, 3.8) is 0 Å². The van der Waals surface area contributed by atoms with Crippen molar-refractivity contribution in [3.05, 3.63) is 35.4 Å². The zero-order valence-electron chi connectivity index (χ0n) is 10.9. The Morgan fingerprint density at radius 3 is 2.56 bits per heavy atom. The van der Waals surface area contributed by atoms with Crippen LogP contribution in [0.25, 0.3) is 0 Å². The lowest BCUT2D eigenvalue weighted by Gasteiger charge is -2.25. The van der Waals surface area contributed by atoms with Crippen LogP contribution in [-0.4, -0.2) is 6.08 Å². The van der Waals surface area contributed by atoms with Gasteiger partial charge in [-0.15, -0.1) is 0 Å². The fraction of sp³-hybridized carbons (Fsp3) is 0.533. The van der Waals surface area contributed by atoms with Crippen LogP contribution in [0.1, 0.15) is 50.7 Å². The summed E-state index contributed by atoms with van der Waals surface area (Å²) in [6.07, 6.45) is 5.48. The fourth-order valence-electron chi connectivity index (χ4n) is 2.69. The summed E-state index contributed by atoms with van der Waals surface area (Å²) in [4.78, 5) is 14.7. The number of hydrogen-bond donors (Lipinski definition) is 0. The summed E-state index contributed by atoms with van der Waals surface area (Å²) in [5, 5.41) is 0. The third kappa shape index (κ3) is 2.37. The number of hydrogen-bond acceptors (Lipinski definition) is 2. The van der Waals surface area contributed by atoms with Gasteiger partial charge < -0.3 is 0 Å². The zero-order valence-corrected chi connectivity index (χ0v) is 10.9. The molecular formula is C15H18FNO. The molecule has 0 unspecified atom stereocenters. The summed E-state index contributed by atoms with van der Waals surface area (Å²) in [5.41, 5.74) is -0.275. The van der Waals surface area contributed by atoms with Crippen molar-refractivity contribution in [2.75, 3.05) is 0 Å². The monoisotopic (exact) mass is 247 g/mol. The molecule has 0 amide bonds. The van der Waals surface area contributed by atoms with Gasteiger partial charge in [0.15, 0.2) is 0 Å². The van der Waals surface area contributed by atoms with Gasteiger partial charge in [-0.2, -0.15) is 4.99 Å². The standard InChI is InChI=1S/C15H18FNO/c1-14(2,16)12-6-5-7-13(10-12)15(17-11-18)8-3-4-9-15/h5-7,10H,3-4,8-9H2,1-2H3. The van der Waals surface area contributed by atoms with Crippen LogP contribution < -0.4 is 0 Å². The first-order valence-electron chi connectivity index (χ1n) is 6.37. The number of aliphatic imine (C=N–C) groups is 1. The summed E-state index contributed by atoms with van der Waals surface area (Å²) in [7, 11) is 0. The van der Waals surface area contributed by atoms with E-state index in [2.05, 4.69) is 4.99 Å². The number of benzene rings is 1. The van der Waals surface area contributed by atoms with E-state index in [-0.39, 0.29) is 0 Å². The average molecular weight is 247 g/mol. The van der Waals surface area contributed by atoms with Crippen LogP contribution in [0, 0.1) is 0 Å². The highest BCUT2D eigenvalue weighted by Gasteiger charge is 2.36. The smallest absolute Gasteiger partial charge is 0.235 e. The Morgan fingerprint density at radius 1 is 1.33 bits per heavy atom. The van der Waals surface area contributed by atoms with E-state index in [1.54, 1.807) is 12.1 Å². The van der Waals surface area contributed by atoms with Gasteiger partial charge in [0.05, 0.1) is 5.54 Å². The SMILES string of the molecule is CC(C)(F)c1cccc(C2(N=C=O)CCCC2)c1. The normalized spacial score (nSPS) is 18.4. The highest BCUT2D eigenvalue weighted by Crippen LogP contribution is 2.43. The van der Waals surface area contributed by atoms with Crippen molar-refractivity contribution in [3.8, 4) is 0 Å². The molecule has 96 valence electrons. The van der Waals surface area contributed by atoms with Gasteiger partial charge in [0.2, 0.25) is 6.08 Å². The molecule has 0 aromatic heterocycles. The number of alkyl halides is 1. The highest BCUT2D eigenvalue weighted by molar-refractivity contribution is 5.40. The number of halogens is 1. The second-order valence-corrected chi connectivity index (χ2v) is 5.50. The molecule has 0 atom stereocenters. The molecule has 0 saturated heterocycles. The summed E-state index contributed by atoms with van der Waals surface area (Å²) in [6.45, 7) is 3.08. The molecule has 0 aliphatic heterocycles. The van der Waals surface area contributed by atoms with Crippen molar-refractivity contribution in [1.29, 1.82) is 0 Å². The minimum Gasteiger partial charge on any atom is -0.239 e. The second-order valence-electron chi connectivity index (χ2n) is 5.50. The summed E-state index contributed by atoms with van der Waals surface area (Å²) in [6, 6.07) is 7.39. The Hall–Kier alpha value is -1.47. The topological polar surface area (TPSA) is 29.4 Å². The first-order valence-corrected chi connectivity index (χ1v) is 6.37. The molecule has 3 heteroatoms. The lowest BCUT2D eigenvalue weighted by molar-refractivity contribution is 0.221. The van der Waals surface area contributed by atoms with Gasteiger partial charge in [0.1, 0.15) is 5.67 Å². The van der Waals surface area contributed by atoms with E-state index < -0.39 is 11.2 Å². The Labute approximate surface area is 107 Å². The lowest BCUT2D eigenvalue weighted by Crippen LogP contribution is -2.20. The summed E-state index contributed by atoms with van der Waals surface area (Å²) >= 11 is 0. The minimum atomic E-state index is -1.37. The molecule has 0 bridgehead atoms. The Bertz CT molecular complexity index is 478. The molecule has 1 saturated carbocycles. The van der Waals surface area contributed by atoms with Crippen LogP contribution in [0.2, 0.25) is 0 Å². The molecule has 18 heavy (non-hydrogen) atoms. The zero-order chi connectivity index (χ0) is 13.2. The van der Waals surface area contributed by atoms with Crippen LogP contribution in [0.5, 0.6) is 0 Å². The van der Waals surface area contributed by atoms with Gasteiger partial charge in [0, 0.05) is 0 Å². The Balaban J connectivity index is 2.46. The van der Waals surface area contributed by atoms with Gasteiger partial charge in [-0.05, 0) is 37.8 Å². The minimum absolute atomic E-state index is 0.469. The molecular weight excluding hydrogens is 229 g/mol. The van der Waals surface area contributed by atoms with Crippen molar-refractivity contribution >= 4 is 6.08 Å². The molecule has 2 nitrogen and oxygen atoms in total. The number of carbonyl (C=O) groups excluding carboxylic acids is 1. The van der Waals surface area contributed by atoms with Gasteiger partial charge >= 0.3 is 0 Å². The van der Waals surface area contributed by atoms with Gasteiger partial charge in [-0.3, -0.25) is 0 Å². The predicted octanol–water partition coefficient (Wildman–Crippen LogP) is 4.00. The third-order valence-electron chi connectivity index (χ3n) is 3.78. The highest BCUT2D eigenvalue weighted by atomic mass is 19.1. The summed E-state index contributed by atoms with van der Waals surface area (Å²) < 4.78 is 14.0. The summed E-state index contributed by atoms with van der Waals surface area (Å²) in [5.74, 6) is 0. The van der Waals surface area contributed by atoms with Crippen molar-refractivity contribution in [2.24, 2.45) is 4.99 Å². The van der Waals surface area contributed by atoms with Crippen molar-refractivity contribution in [1.82, 2.24) is 0 Å². The molecule has 0 heterocycles. The maximum atomic E-state index is 14.0. The molecule has 1 aliphatic carbocycles. The third-order valence-corrected chi connectivity index (χ3v) is 3.78. The molecule has 2 rings (SSSR count). The molecule has 0 radical (unpaired) electrons. The molecule has 1 aromatic rings. The van der Waals surface area contributed by atoms with E-state index in [9.17, 15) is 9.18 Å². The van der Waals surface area contributed by atoms with E-state index in [1.165, 1.54) is 13.8 Å².